The molecule has 4 rings (SSSR count). The number of thiazole rings is 1. The first-order valence-corrected chi connectivity index (χ1v) is 11.2. The number of benzene rings is 3. The highest BCUT2D eigenvalue weighted by atomic mass is 79.9. The maximum absolute atomic E-state index is 13.4. The summed E-state index contributed by atoms with van der Waals surface area (Å²) >= 11 is 4.80. The number of carbonyl (C=O) groups excluding carboxylic acids is 2. The summed E-state index contributed by atoms with van der Waals surface area (Å²) in [6.07, 6.45) is 0. The van der Waals surface area contributed by atoms with Gasteiger partial charge in [0.25, 0.3) is 5.91 Å². The van der Waals surface area contributed by atoms with Gasteiger partial charge in [0.05, 0.1) is 29.5 Å². The van der Waals surface area contributed by atoms with Crippen molar-refractivity contribution in [1.82, 2.24) is 4.57 Å². The molecule has 6 nitrogen and oxygen atoms in total. The first kappa shape index (κ1) is 21.3. The Bertz CT molecular complexity index is 1370. The fourth-order valence-electron chi connectivity index (χ4n) is 3.37. The Labute approximate surface area is 190 Å². The molecule has 1 heterocycles. The van der Waals surface area contributed by atoms with Gasteiger partial charge in [-0.3, -0.25) is 9.59 Å². The second-order valence-corrected chi connectivity index (χ2v) is 8.59. The molecule has 0 unspecified atom stereocenters. The number of ether oxygens (including phenoxy) is 2. The number of methoxy groups -OCH3 is 1. The Balaban J connectivity index is 1.93. The average Bonchev–Trinajstić information content (AvgIpc) is 3.09. The van der Waals surface area contributed by atoms with Crippen molar-refractivity contribution in [2.45, 2.75) is 13.5 Å². The summed E-state index contributed by atoms with van der Waals surface area (Å²) in [5.41, 5.74) is 1.20. The minimum Gasteiger partial charge on any atom is -0.493 e. The fourth-order valence-corrected chi connectivity index (χ4v) is 4.95. The molecule has 8 heteroatoms. The number of hydrogen-bond donors (Lipinski definition) is 0. The zero-order chi connectivity index (χ0) is 22.0. The van der Waals surface area contributed by atoms with E-state index in [2.05, 4.69) is 20.9 Å². The summed E-state index contributed by atoms with van der Waals surface area (Å²) in [6, 6.07) is 17.0. The smallest absolute Gasteiger partial charge is 0.325 e. The van der Waals surface area contributed by atoms with Crippen molar-refractivity contribution >= 4 is 60.1 Å². The number of rotatable bonds is 5. The Kier molecular flexibility index (Phi) is 6.20. The normalized spacial score (nSPS) is 11.8. The third-order valence-corrected chi connectivity index (χ3v) is 6.30. The van der Waals surface area contributed by atoms with E-state index in [1.54, 1.807) is 10.6 Å². The van der Waals surface area contributed by atoms with E-state index in [9.17, 15) is 9.59 Å². The van der Waals surface area contributed by atoms with Gasteiger partial charge >= 0.3 is 5.97 Å². The molecule has 1 aromatic heterocycles. The van der Waals surface area contributed by atoms with Gasteiger partial charge in [0.1, 0.15) is 12.3 Å². The van der Waals surface area contributed by atoms with E-state index in [4.69, 9.17) is 9.47 Å². The van der Waals surface area contributed by atoms with Crippen molar-refractivity contribution in [3.05, 3.63) is 69.4 Å². The minimum atomic E-state index is -0.426. The van der Waals surface area contributed by atoms with E-state index in [0.717, 1.165) is 25.5 Å². The van der Waals surface area contributed by atoms with Gasteiger partial charge in [-0.25, -0.2) is 0 Å². The highest BCUT2D eigenvalue weighted by Crippen LogP contribution is 2.29. The third-order valence-electron chi connectivity index (χ3n) is 4.76. The van der Waals surface area contributed by atoms with E-state index in [1.807, 2.05) is 55.5 Å². The molecular formula is C23H19BrN2O4S. The number of hydrogen-bond acceptors (Lipinski definition) is 5. The van der Waals surface area contributed by atoms with Gasteiger partial charge in [0.15, 0.2) is 4.80 Å². The second kappa shape index (κ2) is 9.03. The van der Waals surface area contributed by atoms with Gasteiger partial charge in [-0.2, -0.15) is 4.99 Å². The summed E-state index contributed by atoms with van der Waals surface area (Å²) in [5.74, 6) is -0.362. The molecule has 0 saturated heterocycles. The van der Waals surface area contributed by atoms with Crippen molar-refractivity contribution in [1.29, 1.82) is 0 Å². The van der Waals surface area contributed by atoms with E-state index in [-0.39, 0.29) is 6.54 Å². The first-order valence-electron chi connectivity index (χ1n) is 9.61. The minimum absolute atomic E-state index is 0.0436. The fraction of sp³-hybridized carbons (Fsp3) is 0.174. The molecule has 0 fully saturated rings. The predicted molar refractivity (Wildman–Crippen MR) is 125 cm³/mol. The summed E-state index contributed by atoms with van der Waals surface area (Å²) in [6.45, 7) is 2.25. The van der Waals surface area contributed by atoms with Crippen LogP contribution in [0.15, 0.2) is 64.1 Å². The molecule has 3 aromatic carbocycles. The molecule has 0 atom stereocenters. The molecule has 0 radical (unpaired) electrons. The van der Waals surface area contributed by atoms with E-state index in [1.165, 1.54) is 18.4 Å². The average molecular weight is 499 g/mol. The van der Waals surface area contributed by atoms with E-state index < -0.39 is 11.9 Å². The Morgan fingerprint density at radius 3 is 2.71 bits per heavy atom. The summed E-state index contributed by atoms with van der Waals surface area (Å²) < 4.78 is 14.1. The highest BCUT2D eigenvalue weighted by Gasteiger charge is 2.18. The van der Waals surface area contributed by atoms with Gasteiger partial charge in [-0.05, 0) is 42.0 Å². The molecule has 0 N–H and O–H groups in total. The van der Waals surface area contributed by atoms with Gasteiger partial charge in [0.2, 0.25) is 0 Å². The number of fused-ring (bicyclic) bond motifs is 2. The number of carbonyl (C=O) groups is 2. The van der Waals surface area contributed by atoms with E-state index >= 15 is 0 Å². The summed E-state index contributed by atoms with van der Waals surface area (Å²) in [4.78, 5) is 30.2. The number of amides is 1. The van der Waals surface area contributed by atoms with Crippen molar-refractivity contribution < 1.29 is 19.1 Å². The quantitative estimate of drug-likeness (QED) is 0.365. The summed E-state index contributed by atoms with van der Waals surface area (Å²) in [7, 11) is 1.33. The molecule has 0 spiro atoms. The standard InChI is InChI=1S/C23H19BrN2O4S/c1-3-30-18-11-8-14-6-4-5-7-16(14)21(18)22(28)25-23-26(13-20(27)29-2)17-10-9-15(24)12-19(17)31-23/h4-12H,3,13H2,1-2H3. The largest absolute Gasteiger partial charge is 0.493 e. The maximum Gasteiger partial charge on any atom is 0.325 e. The topological polar surface area (TPSA) is 69.9 Å². The third kappa shape index (κ3) is 4.26. The zero-order valence-electron chi connectivity index (χ0n) is 16.9. The number of aromatic nitrogens is 1. The number of nitrogens with zero attached hydrogens (tertiary/aromatic N) is 2. The Morgan fingerprint density at radius 2 is 1.94 bits per heavy atom. The van der Waals surface area contributed by atoms with Crippen LogP contribution in [-0.2, 0) is 16.1 Å². The van der Waals surface area contributed by atoms with Crippen LogP contribution < -0.4 is 9.54 Å². The van der Waals surface area contributed by atoms with Crippen LogP contribution in [0.2, 0.25) is 0 Å². The molecular weight excluding hydrogens is 480 g/mol. The van der Waals surface area contributed by atoms with Crippen LogP contribution in [0.3, 0.4) is 0 Å². The predicted octanol–water partition coefficient (Wildman–Crippen LogP) is 4.93. The van der Waals surface area contributed by atoms with Gasteiger partial charge in [-0.1, -0.05) is 57.6 Å². The van der Waals surface area contributed by atoms with Crippen LogP contribution in [0.1, 0.15) is 17.3 Å². The van der Waals surface area contributed by atoms with E-state index in [0.29, 0.717) is 22.7 Å². The molecule has 31 heavy (non-hydrogen) atoms. The lowest BCUT2D eigenvalue weighted by Crippen LogP contribution is -2.22. The first-order chi connectivity index (χ1) is 15.0. The molecule has 0 aliphatic carbocycles. The Morgan fingerprint density at radius 1 is 1.13 bits per heavy atom. The van der Waals surface area contributed by atoms with Crippen LogP contribution in [0, 0.1) is 0 Å². The molecule has 4 aromatic rings. The molecule has 0 bridgehead atoms. The summed E-state index contributed by atoms with van der Waals surface area (Å²) in [5, 5.41) is 1.69. The lowest BCUT2D eigenvalue weighted by Gasteiger charge is -2.10. The van der Waals surface area contributed by atoms with Crippen LogP contribution in [0.25, 0.3) is 21.0 Å². The SMILES string of the molecule is CCOc1ccc2ccccc2c1C(=O)N=c1sc2cc(Br)ccc2n1CC(=O)OC. The molecule has 158 valence electrons. The van der Waals surface area contributed by atoms with Crippen molar-refractivity contribution in [3.8, 4) is 5.75 Å². The Hall–Kier alpha value is -2.97. The van der Waals surface area contributed by atoms with Crippen molar-refractivity contribution in [3.63, 3.8) is 0 Å². The second-order valence-electron chi connectivity index (χ2n) is 6.67. The molecule has 1 amide bonds. The van der Waals surface area contributed by atoms with Gasteiger partial charge in [-0.15, -0.1) is 0 Å². The molecule has 0 aliphatic rings. The van der Waals surface area contributed by atoms with Crippen molar-refractivity contribution in [2.75, 3.05) is 13.7 Å². The van der Waals surface area contributed by atoms with Gasteiger partial charge < -0.3 is 14.0 Å². The molecule has 0 saturated carbocycles. The van der Waals surface area contributed by atoms with Crippen LogP contribution in [0.5, 0.6) is 5.75 Å². The van der Waals surface area contributed by atoms with Crippen LogP contribution in [-0.4, -0.2) is 30.2 Å². The molecule has 0 aliphatic heterocycles. The van der Waals surface area contributed by atoms with Crippen molar-refractivity contribution in [2.24, 2.45) is 4.99 Å². The van der Waals surface area contributed by atoms with Crippen LogP contribution >= 0.6 is 27.3 Å². The monoisotopic (exact) mass is 498 g/mol. The lowest BCUT2D eigenvalue weighted by atomic mass is 10.0. The zero-order valence-corrected chi connectivity index (χ0v) is 19.3. The maximum atomic E-state index is 13.4. The number of halogens is 1. The number of esters is 1. The van der Waals surface area contributed by atoms with Gasteiger partial charge in [0, 0.05) is 4.47 Å². The van der Waals surface area contributed by atoms with Crippen LogP contribution in [0.4, 0.5) is 0 Å². The lowest BCUT2D eigenvalue weighted by molar-refractivity contribution is -0.141. The highest BCUT2D eigenvalue weighted by molar-refractivity contribution is 9.10.